The predicted molar refractivity (Wildman–Crippen MR) is 126 cm³/mol. The molecule has 1 aliphatic rings. The summed E-state index contributed by atoms with van der Waals surface area (Å²) < 4.78 is 27.5. The molecule has 12 nitrogen and oxygen atoms in total. The van der Waals surface area contributed by atoms with Crippen LogP contribution in [0.15, 0.2) is 41.7 Å². The van der Waals surface area contributed by atoms with E-state index >= 15 is 0 Å². The third-order valence-corrected chi connectivity index (χ3v) is 5.62. The summed E-state index contributed by atoms with van der Waals surface area (Å²) in [6.45, 7) is 1.93. The number of amides is 3. The van der Waals surface area contributed by atoms with Gasteiger partial charge in [0.1, 0.15) is 17.1 Å². The molecular formula is C21H27N7O5S. The van der Waals surface area contributed by atoms with Crippen LogP contribution in [0, 0.1) is 0 Å². The number of hydrogen-bond acceptors (Lipinski definition) is 8. The molecule has 34 heavy (non-hydrogen) atoms. The van der Waals surface area contributed by atoms with Crippen LogP contribution < -0.4 is 20.7 Å². The molecule has 1 aliphatic heterocycles. The lowest BCUT2D eigenvalue weighted by atomic mass is 10.0. The molecular weight excluding hydrogens is 462 g/mol. The van der Waals surface area contributed by atoms with E-state index in [1.165, 1.54) is 30.7 Å². The van der Waals surface area contributed by atoms with Gasteiger partial charge in [0.2, 0.25) is 10.0 Å². The summed E-state index contributed by atoms with van der Waals surface area (Å²) in [6.07, 6.45) is 1.55. The summed E-state index contributed by atoms with van der Waals surface area (Å²) in [5.41, 5.74) is 0.479. The Kier molecular flexibility index (Phi) is 6.96. The molecule has 0 aliphatic carbocycles. The van der Waals surface area contributed by atoms with E-state index in [2.05, 4.69) is 25.8 Å². The standard InChI is InChI=1S/C21H27N7O5S/c1-6-13(12-10-8-7-9-11-12)22-15-16(20(30)24-19(15)29)23-18-14(26-34(5,32)33)17(25-28(18)4)21(31)27(2)3/h7-11,13,26H,6H2,1-5H3,(H3,22,23,24,29,30). The Morgan fingerprint density at radius 2 is 1.76 bits per heavy atom. The number of rotatable bonds is 9. The van der Waals surface area contributed by atoms with Crippen molar-refractivity contribution in [2.24, 2.45) is 7.05 Å². The fraction of sp³-hybridized carbons (Fsp3) is 0.333. The maximum absolute atomic E-state index is 12.6. The first-order valence-electron chi connectivity index (χ1n) is 10.4. The number of hydrogen-bond donors (Lipinski definition) is 4. The molecule has 0 bridgehead atoms. The van der Waals surface area contributed by atoms with Crippen LogP contribution >= 0.6 is 0 Å². The Hall–Kier alpha value is -3.87. The predicted octanol–water partition coefficient (Wildman–Crippen LogP) is 0.514. The van der Waals surface area contributed by atoms with E-state index in [1.54, 1.807) is 0 Å². The topological polar surface area (TPSA) is 155 Å². The number of aromatic nitrogens is 2. The van der Waals surface area contributed by atoms with Crippen molar-refractivity contribution in [3.8, 4) is 0 Å². The number of nitrogens with one attached hydrogen (secondary N) is 4. The molecule has 0 fully saturated rings. The van der Waals surface area contributed by atoms with Crippen LogP contribution in [0.5, 0.6) is 0 Å². The molecule has 182 valence electrons. The average Bonchev–Trinajstić information content (AvgIpc) is 3.20. The van der Waals surface area contributed by atoms with Crippen LogP contribution in [0.2, 0.25) is 0 Å². The highest BCUT2D eigenvalue weighted by atomic mass is 32.2. The van der Waals surface area contributed by atoms with E-state index in [0.717, 1.165) is 11.8 Å². The molecule has 13 heteroatoms. The quantitative estimate of drug-likeness (QED) is 0.372. The van der Waals surface area contributed by atoms with Crippen LogP contribution in [-0.2, 0) is 26.7 Å². The summed E-state index contributed by atoms with van der Waals surface area (Å²) >= 11 is 0. The normalized spacial score (nSPS) is 14.6. The number of imide groups is 1. The van der Waals surface area contributed by atoms with Gasteiger partial charge in [-0.25, -0.2) is 13.1 Å². The molecule has 4 N–H and O–H groups in total. The molecule has 0 saturated heterocycles. The first-order chi connectivity index (χ1) is 15.9. The van der Waals surface area contributed by atoms with Gasteiger partial charge in [-0.15, -0.1) is 0 Å². The second-order valence-electron chi connectivity index (χ2n) is 7.94. The largest absolute Gasteiger partial charge is 0.372 e. The van der Waals surface area contributed by atoms with Crippen molar-refractivity contribution in [1.29, 1.82) is 0 Å². The summed E-state index contributed by atoms with van der Waals surface area (Å²) in [6, 6.07) is 9.15. The molecule has 1 unspecified atom stereocenters. The number of nitrogens with zero attached hydrogens (tertiary/aromatic N) is 3. The molecule has 0 radical (unpaired) electrons. The molecule has 0 spiro atoms. The monoisotopic (exact) mass is 489 g/mol. The number of aryl methyl sites for hydroxylation is 1. The fourth-order valence-corrected chi connectivity index (χ4v) is 3.99. The van der Waals surface area contributed by atoms with Crippen molar-refractivity contribution in [1.82, 2.24) is 25.3 Å². The van der Waals surface area contributed by atoms with Gasteiger partial charge in [-0.05, 0) is 12.0 Å². The van der Waals surface area contributed by atoms with Gasteiger partial charge in [-0.3, -0.25) is 24.4 Å². The SMILES string of the molecule is CCC(NC1=C(Nc2c(NS(C)(=O)=O)c(C(=O)N(C)C)nn2C)C(=O)NC1=O)c1ccccc1. The Balaban J connectivity index is 2.08. The van der Waals surface area contributed by atoms with Crippen molar-refractivity contribution >= 4 is 39.3 Å². The summed E-state index contributed by atoms with van der Waals surface area (Å²) in [4.78, 5) is 39.1. The number of carbonyl (C=O) groups is 3. The van der Waals surface area contributed by atoms with Gasteiger partial charge in [0, 0.05) is 21.1 Å². The van der Waals surface area contributed by atoms with E-state index < -0.39 is 27.7 Å². The van der Waals surface area contributed by atoms with Gasteiger partial charge in [-0.1, -0.05) is 37.3 Å². The fourth-order valence-electron chi connectivity index (χ4n) is 3.42. The second kappa shape index (κ2) is 9.55. The van der Waals surface area contributed by atoms with Crippen LogP contribution in [0.3, 0.4) is 0 Å². The van der Waals surface area contributed by atoms with Crippen LogP contribution in [0.4, 0.5) is 11.5 Å². The summed E-state index contributed by atoms with van der Waals surface area (Å²) in [7, 11) is 0.657. The van der Waals surface area contributed by atoms with Crippen LogP contribution in [0.1, 0.15) is 35.4 Å². The minimum Gasteiger partial charge on any atom is -0.372 e. The summed E-state index contributed by atoms with van der Waals surface area (Å²) in [5.74, 6) is -1.87. The Bertz CT molecular complexity index is 1270. The number of sulfonamides is 1. The second-order valence-corrected chi connectivity index (χ2v) is 9.69. The zero-order valence-electron chi connectivity index (χ0n) is 19.5. The minimum atomic E-state index is -3.81. The molecule has 2 heterocycles. The van der Waals surface area contributed by atoms with Crippen molar-refractivity contribution in [2.45, 2.75) is 19.4 Å². The van der Waals surface area contributed by atoms with Gasteiger partial charge >= 0.3 is 0 Å². The molecule has 1 atom stereocenters. The smallest absolute Gasteiger partial charge is 0.277 e. The van der Waals surface area contributed by atoms with Gasteiger partial charge in [0.05, 0.1) is 12.3 Å². The lowest BCUT2D eigenvalue weighted by Gasteiger charge is -2.19. The molecule has 0 saturated carbocycles. The molecule has 3 rings (SSSR count). The molecule has 1 aromatic heterocycles. The number of carbonyl (C=O) groups excluding carboxylic acids is 3. The first-order valence-corrected chi connectivity index (χ1v) is 12.3. The van der Waals surface area contributed by atoms with Crippen molar-refractivity contribution in [3.63, 3.8) is 0 Å². The van der Waals surface area contributed by atoms with E-state index in [4.69, 9.17) is 0 Å². The van der Waals surface area contributed by atoms with Crippen molar-refractivity contribution < 1.29 is 22.8 Å². The first kappa shape index (κ1) is 24.8. The zero-order valence-corrected chi connectivity index (χ0v) is 20.3. The maximum atomic E-state index is 12.6. The van der Waals surface area contributed by atoms with Crippen LogP contribution in [-0.4, -0.2) is 61.2 Å². The third-order valence-electron chi connectivity index (χ3n) is 5.05. The molecule has 2 aromatic rings. The minimum absolute atomic E-state index is 0.00676. The van der Waals surface area contributed by atoms with E-state index in [1.807, 2.05) is 37.3 Å². The highest BCUT2D eigenvalue weighted by Gasteiger charge is 2.34. The van der Waals surface area contributed by atoms with Crippen LogP contribution in [0.25, 0.3) is 0 Å². The highest BCUT2D eigenvalue weighted by Crippen LogP contribution is 2.30. The third kappa shape index (κ3) is 5.20. The molecule has 1 aromatic carbocycles. The van der Waals surface area contributed by atoms with Crippen molar-refractivity contribution in [2.75, 3.05) is 30.4 Å². The lowest BCUT2D eigenvalue weighted by Crippen LogP contribution is -2.29. The number of benzene rings is 1. The van der Waals surface area contributed by atoms with Gasteiger partial charge in [-0.2, -0.15) is 5.10 Å². The molecule has 3 amide bonds. The van der Waals surface area contributed by atoms with Gasteiger partial charge in [0.15, 0.2) is 11.5 Å². The lowest BCUT2D eigenvalue weighted by molar-refractivity contribution is -0.124. The van der Waals surface area contributed by atoms with E-state index in [9.17, 15) is 22.8 Å². The van der Waals surface area contributed by atoms with Gasteiger partial charge in [0.25, 0.3) is 17.7 Å². The Morgan fingerprint density at radius 1 is 1.15 bits per heavy atom. The maximum Gasteiger partial charge on any atom is 0.277 e. The average molecular weight is 490 g/mol. The van der Waals surface area contributed by atoms with E-state index in [0.29, 0.717) is 6.42 Å². The Labute approximate surface area is 197 Å². The zero-order chi connectivity index (χ0) is 25.2. The van der Waals surface area contributed by atoms with Gasteiger partial charge < -0.3 is 15.5 Å². The highest BCUT2D eigenvalue weighted by molar-refractivity contribution is 7.92. The Morgan fingerprint density at radius 3 is 2.32 bits per heavy atom. The van der Waals surface area contributed by atoms with Crippen molar-refractivity contribution in [3.05, 3.63) is 53.0 Å². The number of anilines is 2. The van der Waals surface area contributed by atoms with E-state index in [-0.39, 0.29) is 34.6 Å². The summed E-state index contributed by atoms with van der Waals surface area (Å²) in [5, 5.41) is 12.3.